The van der Waals surface area contributed by atoms with Gasteiger partial charge in [0.25, 0.3) is 0 Å². The number of nitrogens with one attached hydrogen (secondary N) is 1. The minimum absolute atomic E-state index is 0.0726. The quantitative estimate of drug-likeness (QED) is 0.100. The molecule has 0 fully saturated rings. The van der Waals surface area contributed by atoms with E-state index in [-0.39, 0.29) is 11.7 Å². The molecule has 1 heterocycles. The number of anilines is 1. The zero-order valence-corrected chi connectivity index (χ0v) is 26.1. The van der Waals surface area contributed by atoms with Crippen molar-refractivity contribution in [2.24, 2.45) is 0 Å². The maximum Gasteiger partial charge on any atom is 0.248 e. The van der Waals surface area contributed by atoms with Crippen molar-refractivity contribution in [1.82, 2.24) is 4.98 Å². The molecule has 44 heavy (non-hydrogen) atoms. The molecule has 1 amide bonds. The van der Waals surface area contributed by atoms with Gasteiger partial charge in [0.2, 0.25) is 5.91 Å². The number of amides is 1. The van der Waals surface area contributed by atoms with E-state index in [1.54, 1.807) is 48.8 Å². The first-order valence-electron chi connectivity index (χ1n) is 15.0. The second kappa shape index (κ2) is 17.1. The number of carbonyl (C=O) groups is 1. The first kappa shape index (κ1) is 32.6. The van der Waals surface area contributed by atoms with Crippen LogP contribution in [0.25, 0.3) is 17.2 Å². The maximum atomic E-state index is 13.0. The number of rotatable bonds is 16. The average Bonchev–Trinajstić information content (AvgIpc) is 3.04. The SMILES string of the molecule is CCCCOCCOc1ccc(-c2ccc(O)c(/C=C/C(=O)Nc3ccc([S@@](=O)Cc4cnccc4CCC)cc3)c2)cc1. The number of benzene rings is 3. The summed E-state index contributed by atoms with van der Waals surface area (Å²) in [6, 6.07) is 22.0. The van der Waals surface area contributed by atoms with Crippen LogP contribution < -0.4 is 10.1 Å². The van der Waals surface area contributed by atoms with Crippen LogP contribution in [-0.2, 0) is 32.5 Å². The molecule has 0 aliphatic carbocycles. The molecular formula is C36H40N2O5S. The van der Waals surface area contributed by atoms with Crippen LogP contribution in [0.2, 0.25) is 0 Å². The van der Waals surface area contributed by atoms with Crippen molar-refractivity contribution >= 4 is 28.5 Å². The summed E-state index contributed by atoms with van der Waals surface area (Å²) in [5.41, 5.74) is 5.12. The smallest absolute Gasteiger partial charge is 0.248 e. The highest BCUT2D eigenvalue weighted by molar-refractivity contribution is 7.84. The molecule has 3 aromatic carbocycles. The molecule has 230 valence electrons. The summed E-state index contributed by atoms with van der Waals surface area (Å²) in [5, 5.41) is 13.2. The third-order valence-corrected chi connectivity index (χ3v) is 8.33. The molecule has 4 rings (SSSR count). The maximum absolute atomic E-state index is 13.0. The number of phenols is 1. The van der Waals surface area contributed by atoms with Crippen molar-refractivity contribution in [3.05, 3.63) is 108 Å². The van der Waals surface area contributed by atoms with Crippen LogP contribution in [0, 0.1) is 0 Å². The Kier molecular flexibility index (Phi) is 12.7. The largest absolute Gasteiger partial charge is 0.507 e. The normalized spacial score (nSPS) is 11.9. The zero-order chi connectivity index (χ0) is 31.1. The summed E-state index contributed by atoms with van der Waals surface area (Å²) < 4.78 is 24.3. The first-order valence-corrected chi connectivity index (χ1v) is 16.3. The Labute approximate surface area is 262 Å². The third kappa shape index (κ3) is 9.89. The Hall–Kier alpha value is -4.27. The molecular weight excluding hydrogens is 572 g/mol. The van der Waals surface area contributed by atoms with Crippen LogP contribution in [-0.4, -0.2) is 40.0 Å². The van der Waals surface area contributed by atoms with Gasteiger partial charge in [-0.2, -0.15) is 0 Å². The van der Waals surface area contributed by atoms with E-state index >= 15 is 0 Å². The second-order valence-electron chi connectivity index (χ2n) is 10.3. The van der Waals surface area contributed by atoms with E-state index in [0.29, 0.717) is 35.1 Å². The molecule has 0 unspecified atom stereocenters. The number of hydrogen-bond donors (Lipinski definition) is 2. The van der Waals surface area contributed by atoms with Gasteiger partial charge < -0.3 is 19.9 Å². The third-order valence-electron chi connectivity index (χ3n) is 6.96. The monoisotopic (exact) mass is 612 g/mol. The highest BCUT2D eigenvalue weighted by Crippen LogP contribution is 2.28. The lowest BCUT2D eigenvalue weighted by atomic mass is 10.0. The summed E-state index contributed by atoms with van der Waals surface area (Å²) in [7, 11) is -1.23. The molecule has 2 N–H and O–H groups in total. The average molecular weight is 613 g/mol. The van der Waals surface area contributed by atoms with Gasteiger partial charge in [0.1, 0.15) is 18.1 Å². The van der Waals surface area contributed by atoms with Crippen LogP contribution in [0.1, 0.15) is 49.8 Å². The van der Waals surface area contributed by atoms with Crippen molar-refractivity contribution in [3.63, 3.8) is 0 Å². The molecule has 1 atom stereocenters. The van der Waals surface area contributed by atoms with E-state index in [1.807, 2.05) is 42.5 Å². The van der Waals surface area contributed by atoms with Crippen LogP contribution in [0.4, 0.5) is 5.69 Å². The predicted molar refractivity (Wildman–Crippen MR) is 177 cm³/mol. The van der Waals surface area contributed by atoms with Gasteiger partial charge in [-0.15, -0.1) is 0 Å². The molecule has 0 saturated heterocycles. The fraction of sp³-hybridized carbons (Fsp3) is 0.278. The van der Waals surface area contributed by atoms with Crippen LogP contribution in [0.5, 0.6) is 11.5 Å². The van der Waals surface area contributed by atoms with Crippen LogP contribution in [0.15, 0.2) is 96.2 Å². The Morgan fingerprint density at radius 3 is 2.43 bits per heavy atom. The number of nitrogens with zero attached hydrogens (tertiary/aromatic N) is 1. The van der Waals surface area contributed by atoms with E-state index in [9.17, 15) is 14.1 Å². The lowest BCUT2D eigenvalue weighted by molar-refractivity contribution is -0.111. The summed E-state index contributed by atoms with van der Waals surface area (Å²) in [4.78, 5) is 17.5. The Morgan fingerprint density at radius 2 is 1.68 bits per heavy atom. The Morgan fingerprint density at radius 1 is 0.909 bits per heavy atom. The lowest BCUT2D eigenvalue weighted by Crippen LogP contribution is -2.08. The molecule has 4 aromatic rings. The molecule has 0 saturated carbocycles. The van der Waals surface area contributed by atoms with E-state index < -0.39 is 10.8 Å². The number of ether oxygens (including phenoxy) is 2. The number of hydrogen-bond acceptors (Lipinski definition) is 6. The molecule has 0 spiro atoms. The molecule has 8 heteroatoms. The van der Waals surface area contributed by atoms with Gasteiger partial charge in [-0.1, -0.05) is 44.9 Å². The zero-order valence-electron chi connectivity index (χ0n) is 25.3. The van der Waals surface area contributed by atoms with Crippen molar-refractivity contribution < 1.29 is 23.6 Å². The van der Waals surface area contributed by atoms with Gasteiger partial charge >= 0.3 is 0 Å². The molecule has 0 aliphatic rings. The number of unbranched alkanes of at least 4 members (excludes halogenated alkanes) is 1. The molecule has 1 aromatic heterocycles. The molecule has 7 nitrogen and oxygen atoms in total. The number of aromatic hydroxyl groups is 1. The van der Waals surface area contributed by atoms with Crippen molar-refractivity contribution in [3.8, 4) is 22.6 Å². The van der Waals surface area contributed by atoms with Gasteiger partial charge in [0, 0.05) is 41.2 Å². The fourth-order valence-electron chi connectivity index (χ4n) is 4.54. The van der Waals surface area contributed by atoms with E-state index in [1.165, 1.54) is 11.6 Å². The summed E-state index contributed by atoms with van der Waals surface area (Å²) in [5.74, 6) is 0.885. The van der Waals surface area contributed by atoms with Gasteiger partial charge in [-0.3, -0.25) is 14.0 Å². The van der Waals surface area contributed by atoms with Gasteiger partial charge in [0.05, 0.1) is 23.2 Å². The number of pyridine rings is 1. The number of phenolic OH excluding ortho intramolecular Hbond substituents is 1. The second-order valence-corrected chi connectivity index (χ2v) is 11.8. The standard InChI is InChI=1S/C36H40N2O5S/c1-3-5-21-42-22-23-43-33-13-7-28(8-14-33)29-9-17-35(39)30(24-29)10-18-36(40)38-32-11-15-34(16-12-32)44(41)26-31-25-37-20-19-27(31)6-4-2/h7-20,24-25,39H,3-6,21-23,26H2,1-2H3,(H,38,40)/b18-10+/t44-/m0/s1. The number of aromatic nitrogens is 1. The Balaban J connectivity index is 1.31. The van der Waals surface area contributed by atoms with Gasteiger partial charge in [0.15, 0.2) is 0 Å². The minimum atomic E-state index is -1.23. The lowest BCUT2D eigenvalue weighted by Gasteiger charge is -2.09. The molecule has 0 bridgehead atoms. The van der Waals surface area contributed by atoms with Crippen LogP contribution in [0.3, 0.4) is 0 Å². The van der Waals surface area contributed by atoms with E-state index in [0.717, 1.165) is 54.7 Å². The van der Waals surface area contributed by atoms with Crippen molar-refractivity contribution in [2.45, 2.75) is 50.2 Å². The van der Waals surface area contributed by atoms with E-state index in [2.05, 4.69) is 24.1 Å². The summed E-state index contributed by atoms with van der Waals surface area (Å²) in [6.07, 6.45) is 10.6. The summed E-state index contributed by atoms with van der Waals surface area (Å²) >= 11 is 0. The number of carbonyl (C=O) groups excluding carboxylic acids is 1. The first-order chi connectivity index (χ1) is 21.5. The highest BCUT2D eigenvalue weighted by atomic mass is 32.2. The van der Waals surface area contributed by atoms with Crippen LogP contribution >= 0.6 is 0 Å². The van der Waals surface area contributed by atoms with E-state index in [4.69, 9.17) is 9.47 Å². The predicted octanol–water partition coefficient (Wildman–Crippen LogP) is 7.56. The van der Waals surface area contributed by atoms with Crippen molar-refractivity contribution in [2.75, 3.05) is 25.1 Å². The van der Waals surface area contributed by atoms with Gasteiger partial charge in [-0.25, -0.2) is 0 Å². The highest BCUT2D eigenvalue weighted by Gasteiger charge is 2.10. The summed E-state index contributed by atoms with van der Waals surface area (Å²) in [6.45, 7) is 6.06. The topological polar surface area (TPSA) is 97.7 Å². The molecule has 0 aliphatic heterocycles. The van der Waals surface area contributed by atoms with Gasteiger partial charge in [-0.05, 0) is 95.8 Å². The Bertz CT molecular complexity index is 1550. The molecule has 0 radical (unpaired) electrons. The number of aryl methyl sites for hydroxylation is 1. The van der Waals surface area contributed by atoms with Crippen molar-refractivity contribution in [1.29, 1.82) is 0 Å². The fourth-order valence-corrected chi connectivity index (χ4v) is 5.69. The minimum Gasteiger partial charge on any atom is -0.507 e.